The van der Waals surface area contributed by atoms with Crippen molar-refractivity contribution in [3.8, 4) is 0 Å². The van der Waals surface area contributed by atoms with Crippen molar-refractivity contribution >= 4 is 11.7 Å². The van der Waals surface area contributed by atoms with E-state index in [1.807, 2.05) is 12.1 Å². The molecule has 0 unspecified atom stereocenters. The Kier molecular flexibility index (Phi) is 3.58. The van der Waals surface area contributed by atoms with E-state index in [0.717, 1.165) is 38.4 Å². The van der Waals surface area contributed by atoms with Crippen LogP contribution in [0, 0.1) is 5.41 Å². The third-order valence-electron chi connectivity index (χ3n) is 3.10. The Hall–Kier alpha value is -1.62. The van der Waals surface area contributed by atoms with Crippen molar-refractivity contribution in [2.24, 2.45) is 5.73 Å². The molecule has 0 spiro atoms. The largest absolute Gasteiger partial charge is 0.384 e. The molecule has 0 bridgehead atoms. The Bertz CT molecular complexity index is 386. The van der Waals surface area contributed by atoms with Crippen LogP contribution in [0.3, 0.4) is 0 Å². The summed E-state index contributed by atoms with van der Waals surface area (Å²) in [4.78, 5) is 9.00. The van der Waals surface area contributed by atoms with Crippen molar-refractivity contribution < 1.29 is 0 Å². The van der Waals surface area contributed by atoms with Gasteiger partial charge in [0.2, 0.25) is 0 Å². The lowest BCUT2D eigenvalue weighted by atomic mass is 10.2. The minimum absolute atomic E-state index is 0.0691. The van der Waals surface area contributed by atoms with Gasteiger partial charge in [-0.3, -0.25) is 5.41 Å². The van der Waals surface area contributed by atoms with E-state index < -0.39 is 0 Å². The summed E-state index contributed by atoms with van der Waals surface area (Å²) >= 11 is 0. The Balaban J connectivity index is 2.08. The molecule has 2 heterocycles. The van der Waals surface area contributed by atoms with Crippen molar-refractivity contribution in [3.05, 3.63) is 23.9 Å². The summed E-state index contributed by atoms with van der Waals surface area (Å²) in [5.74, 6) is 1.05. The highest BCUT2D eigenvalue weighted by molar-refractivity contribution is 5.94. The molecule has 5 heteroatoms. The second-order valence-electron chi connectivity index (χ2n) is 4.46. The van der Waals surface area contributed by atoms with Crippen LogP contribution in [0.4, 0.5) is 5.82 Å². The number of nitrogens with zero attached hydrogens (tertiary/aromatic N) is 3. The summed E-state index contributed by atoms with van der Waals surface area (Å²) in [6.07, 6.45) is 2.83. The van der Waals surface area contributed by atoms with Gasteiger partial charge in [0.25, 0.3) is 0 Å². The second-order valence-corrected chi connectivity index (χ2v) is 4.46. The minimum Gasteiger partial charge on any atom is -0.384 e. The average Bonchev–Trinajstić information content (AvgIpc) is 2.54. The number of aromatic nitrogens is 1. The molecule has 17 heavy (non-hydrogen) atoms. The van der Waals surface area contributed by atoms with Crippen LogP contribution in [0.15, 0.2) is 18.3 Å². The molecule has 3 N–H and O–H groups in total. The fourth-order valence-corrected chi connectivity index (χ4v) is 2.01. The van der Waals surface area contributed by atoms with E-state index in [1.54, 1.807) is 6.20 Å². The SMILES string of the molecule is CN1CCCN(c2ccc(C(=N)N)cn2)CC1. The van der Waals surface area contributed by atoms with Gasteiger partial charge in [-0.2, -0.15) is 0 Å². The topological polar surface area (TPSA) is 69.2 Å². The van der Waals surface area contributed by atoms with Crippen LogP contribution in [0.2, 0.25) is 0 Å². The maximum absolute atomic E-state index is 7.33. The molecule has 5 nitrogen and oxygen atoms in total. The van der Waals surface area contributed by atoms with Gasteiger partial charge in [-0.25, -0.2) is 4.98 Å². The van der Waals surface area contributed by atoms with E-state index >= 15 is 0 Å². The predicted octanol–water partition coefficient (Wildman–Crippen LogP) is 0.508. The van der Waals surface area contributed by atoms with Crippen LogP contribution < -0.4 is 10.6 Å². The first-order chi connectivity index (χ1) is 8.16. The minimum atomic E-state index is 0.0691. The number of amidine groups is 1. The summed E-state index contributed by atoms with van der Waals surface area (Å²) in [6, 6.07) is 3.81. The number of rotatable bonds is 2. The third-order valence-corrected chi connectivity index (χ3v) is 3.10. The van der Waals surface area contributed by atoms with Crippen LogP contribution >= 0.6 is 0 Å². The normalized spacial score (nSPS) is 17.8. The quantitative estimate of drug-likeness (QED) is 0.577. The first-order valence-corrected chi connectivity index (χ1v) is 5.91. The Labute approximate surface area is 102 Å². The lowest BCUT2D eigenvalue weighted by Gasteiger charge is -2.21. The molecule has 1 aliphatic rings. The monoisotopic (exact) mass is 233 g/mol. The lowest BCUT2D eigenvalue weighted by molar-refractivity contribution is 0.360. The molecule has 1 fully saturated rings. The van der Waals surface area contributed by atoms with Gasteiger partial charge in [-0.05, 0) is 32.1 Å². The summed E-state index contributed by atoms with van der Waals surface area (Å²) < 4.78 is 0. The molecule has 1 aliphatic heterocycles. The summed E-state index contributed by atoms with van der Waals surface area (Å²) in [5, 5.41) is 7.33. The van der Waals surface area contributed by atoms with Crippen LogP contribution in [0.25, 0.3) is 0 Å². The van der Waals surface area contributed by atoms with E-state index in [0.29, 0.717) is 5.56 Å². The van der Waals surface area contributed by atoms with Gasteiger partial charge in [0.15, 0.2) is 0 Å². The van der Waals surface area contributed by atoms with Crippen LogP contribution in [0.1, 0.15) is 12.0 Å². The molecule has 0 saturated carbocycles. The molecule has 0 aliphatic carbocycles. The molecular formula is C12H19N5. The smallest absolute Gasteiger partial charge is 0.128 e. The van der Waals surface area contributed by atoms with Gasteiger partial charge < -0.3 is 15.5 Å². The highest BCUT2D eigenvalue weighted by Crippen LogP contribution is 2.13. The Morgan fingerprint density at radius 3 is 2.76 bits per heavy atom. The van der Waals surface area contributed by atoms with Gasteiger partial charge in [0.1, 0.15) is 11.7 Å². The number of hydrogen-bond acceptors (Lipinski definition) is 4. The molecule has 0 atom stereocenters. The molecule has 0 aromatic carbocycles. The van der Waals surface area contributed by atoms with Crippen molar-refractivity contribution in [2.45, 2.75) is 6.42 Å². The van der Waals surface area contributed by atoms with Crippen molar-refractivity contribution in [1.82, 2.24) is 9.88 Å². The van der Waals surface area contributed by atoms with Gasteiger partial charge in [0.05, 0.1) is 0 Å². The zero-order valence-corrected chi connectivity index (χ0v) is 10.2. The third kappa shape index (κ3) is 2.94. The lowest BCUT2D eigenvalue weighted by Crippen LogP contribution is -2.29. The first kappa shape index (κ1) is 11.9. The van der Waals surface area contributed by atoms with Crippen LogP contribution in [-0.4, -0.2) is 48.9 Å². The Morgan fingerprint density at radius 1 is 1.29 bits per heavy atom. The van der Waals surface area contributed by atoms with E-state index in [1.165, 1.54) is 0 Å². The first-order valence-electron chi connectivity index (χ1n) is 5.91. The molecule has 2 rings (SSSR count). The number of nitrogen functional groups attached to an aromatic ring is 1. The van der Waals surface area contributed by atoms with Gasteiger partial charge in [-0.15, -0.1) is 0 Å². The molecule has 92 valence electrons. The maximum atomic E-state index is 7.33. The predicted molar refractivity (Wildman–Crippen MR) is 69.6 cm³/mol. The number of likely N-dealkylation sites (N-methyl/N-ethyl adjacent to an activating group) is 1. The van der Waals surface area contributed by atoms with Gasteiger partial charge in [0, 0.05) is 31.4 Å². The summed E-state index contributed by atoms with van der Waals surface area (Å²) in [5.41, 5.74) is 6.09. The van der Waals surface area contributed by atoms with Crippen LogP contribution in [-0.2, 0) is 0 Å². The van der Waals surface area contributed by atoms with Gasteiger partial charge in [-0.1, -0.05) is 0 Å². The summed E-state index contributed by atoms with van der Waals surface area (Å²) in [7, 11) is 2.15. The van der Waals surface area contributed by atoms with Gasteiger partial charge >= 0.3 is 0 Å². The highest BCUT2D eigenvalue weighted by Gasteiger charge is 2.13. The standard InChI is InChI=1S/C12H19N5/c1-16-5-2-6-17(8-7-16)11-4-3-10(9-15-11)12(13)14/h3-4,9H,2,5-8H2,1H3,(H3,13,14). The zero-order chi connectivity index (χ0) is 12.3. The number of nitrogens with two attached hydrogens (primary N) is 1. The maximum Gasteiger partial charge on any atom is 0.128 e. The zero-order valence-electron chi connectivity index (χ0n) is 10.2. The molecular weight excluding hydrogens is 214 g/mol. The molecule has 1 aromatic heterocycles. The highest BCUT2D eigenvalue weighted by atomic mass is 15.2. The number of nitrogens with one attached hydrogen (secondary N) is 1. The number of anilines is 1. The molecule has 1 saturated heterocycles. The van der Waals surface area contributed by atoms with Crippen molar-refractivity contribution in [1.29, 1.82) is 5.41 Å². The number of pyridine rings is 1. The molecule has 0 amide bonds. The molecule has 1 aromatic rings. The fourth-order valence-electron chi connectivity index (χ4n) is 2.01. The number of hydrogen-bond donors (Lipinski definition) is 2. The van der Waals surface area contributed by atoms with E-state index in [-0.39, 0.29) is 5.84 Å². The van der Waals surface area contributed by atoms with Crippen molar-refractivity contribution in [3.63, 3.8) is 0 Å². The summed E-state index contributed by atoms with van der Waals surface area (Å²) in [6.45, 7) is 4.25. The Morgan fingerprint density at radius 2 is 2.12 bits per heavy atom. The van der Waals surface area contributed by atoms with E-state index in [4.69, 9.17) is 11.1 Å². The van der Waals surface area contributed by atoms with Crippen molar-refractivity contribution in [2.75, 3.05) is 38.1 Å². The molecule has 0 radical (unpaired) electrons. The van der Waals surface area contributed by atoms with E-state index in [2.05, 4.69) is 21.8 Å². The van der Waals surface area contributed by atoms with Crippen LogP contribution in [0.5, 0.6) is 0 Å². The average molecular weight is 233 g/mol. The van der Waals surface area contributed by atoms with E-state index in [9.17, 15) is 0 Å². The second kappa shape index (κ2) is 5.14. The fraction of sp³-hybridized carbons (Fsp3) is 0.500.